The van der Waals surface area contributed by atoms with E-state index in [9.17, 15) is 9.18 Å². The Morgan fingerprint density at radius 2 is 2.00 bits per heavy atom. The number of hydrogen-bond donors (Lipinski definition) is 1. The summed E-state index contributed by atoms with van der Waals surface area (Å²) in [7, 11) is 0. The molecule has 5 nitrogen and oxygen atoms in total. The van der Waals surface area contributed by atoms with Gasteiger partial charge in [0.15, 0.2) is 0 Å². The maximum absolute atomic E-state index is 14.2. The third-order valence-electron chi connectivity index (χ3n) is 4.82. The first kappa shape index (κ1) is 18.3. The average Bonchev–Trinajstić information content (AvgIpc) is 2.67. The van der Waals surface area contributed by atoms with Crippen LogP contribution in [0, 0.1) is 11.7 Å². The Hall–Kier alpha value is -2.47. The summed E-state index contributed by atoms with van der Waals surface area (Å²) in [5.74, 6) is 0.338. The number of pyridine rings is 1. The largest absolute Gasteiger partial charge is 0.377 e. The van der Waals surface area contributed by atoms with Gasteiger partial charge in [-0.05, 0) is 43.5 Å². The van der Waals surface area contributed by atoms with Crippen LogP contribution in [0.5, 0.6) is 0 Å². The van der Waals surface area contributed by atoms with Gasteiger partial charge in [0.25, 0.3) is 0 Å². The molecule has 1 fully saturated rings. The van der Waals surface area contributed by atoms with Crippen LogP contribution in [0.25, 0.3) is 11.1 Å². The highest BCUT2D eigenvalue weighted by Gasteiger charge is 2.23. The molecule has 1 aromatic heterocycles. The number of rotatable bonds is 6. The molecule has 0 radical (unpaired) electrons. The molecule has 1 aliphatic rings. The quantitative estimate of drug-likeness (QED) is 0.862. The summed E-state index contributed by atoms with van der Waals surface area (Å²) in [6.45, 7) is 4.25. The molecular formula is C20H24FN3O2. The van der Waals surface area contributed by atoms with Crippen molar-refractivity contribution in [3.05, 3.63) is 47.9 Å². The molecule has 0 spiro atoms. The number of carbonyl (C=O) groups is 1. The molecule has 26 heavy (non-hydrogen) atoms. The predicted octanol–water partition coefficient (Wildman–Crippen LogP) is 3.13. The summed E-state index contributed by atoms with van der Waals surface area (Å²) in [5, 5.41) is 0. The van der Waals surface area contributed by atoms with Gasteiger partial charge in [-0.3, -0.25) is 4.79 Å². The summed E-state index contributed by atoms with van der Waals surface area (Å²) < 4.78 is 19.4. The van der Waals surface area contributed by atoms with Gasteiger partial charge in [0, 0.05) is 42.9 Å². The maximum atomic E-state index is 14.2. The van der Waals surface area contributed by atoms with Crippen molar-refractivity contribution < 1.29 is 13.9 Å². The van der Waals surface area contributed by atoms with E-state index < -0.39 is 0 Å². The number of nitrogens with zero attached hydrogens (tertiary/aromatic N) is 2. The van der Waals surface area contributed by atoms with E-state index in [-0.39, 0.29) is 24.2 Å². The summed E-state index contributed by atoms with van der Waals surface area (Å²) in [6.07, 6.45) is 3.27. The molecule has 0 unspecified atom stereocenters. The minimum absolute atomic E-state index is 0.0382. The number of hydrogen-bond acceptors (Lipinski definition) is 4. The van der Waals surface area contributed by atoms with Crippen molar-refractivity contribution in [2.24, 2.45) is 11.7 Å². The second-order valence-electron chi connectivity index (χ2n) is 6.51. The minimum atomic E-state index is -0.270. The van der Waals surface area contributed by atoms with Crippen LogP contribution in [-0.4, -0.2) is 30.6 Å². The monoisotopic (exact) mass is 357 g/mol. The number of carbonyl (C=O) groups excluding carboxylic acids is 1. The molecule has 0 aliphatic carbocycles. The summed E-state index contributed by atoms with van der Waals surface area (Å²) in [5.41, 5.74) is 7.58. The first-order valence-electron chi connectivity index (χ1n) is 8.95. The third kappa shape index (κ3) is 4.19. The highest BCUT2D eigenvalue weighted by Crippen LogP contribution is 2.26. The molecule has 3 rings (SSSR count). The van der Waals surface area contributed by atoms with E-state index in [0.717, 1.165) is 42.9 Å². The van der Waals surface area contributed by atoms with Gasteiger partial charge in [-0.15, -0.1) is 0 Å². The second kappa shape index (κ2) is 8.27. The Morgan fingerprint density at radius 3 is 2.58 bits per heavy atom. The van der Waals surface area contributed by atoms with Gasteiger partial charge in [-0.25, -0.2) is 9.37 Å². The normalized spacial score (nSPS) is 15.2. The van der Waals surface area contributed by atoms with E-state index in [2.05, 4.69) is 9.88 Å². The molecular weight excluding hydrogens is 333 g/mol. The van der Waals surface area contributed by atoms with Crippen LogP contribution in [0.2, 0.25) is 0 Å². The standard InChI is InChI=1S/C20H24FN3O2/c1-2-26-13-17-4-3-15(11-18(17)21)16-5-6-19(23-12-16)24-9-7-14(8-10-24)20(22)25/h3-6,11-12,14H,2,7-10,13H2,1H3,(H2,22,25). The molecule has 0 bridgehead atoms. The number of piperidine rings is 1. The van der Waals surface area contributed by atoms with Crippen molar-refractivity contribution in [2.45, 2.75) is 26.4 Å². The lowest BCUT2D eigenvalue weighted by molar-refractivity contribution is -0.122. The summed E-state index contributed by atoms with van der Waals surface area (Å²) in [6, 6.07) is 9.03. The summed E-state index contributed by atoms with van der Waals surface area (Å²) in [4.78, 5) is 17.9. The van der Waals surface area contributed by atoms with Gasteiger partial charge < -0.3 is 15.4 Å². The Bertz CT molecular complexity index is 756. The number of ether oxygens (including phenoxy) is 1. The van der Waals surface area contributed by atoms with Crippen LogP contribution in [0.1, 0.15) is 25.3 Å². The number of anilines is 1. The van der Waals surface area contributed by atoms with Gasteiger partial charge in [-0.1, -0.05) is 12.1 Å². The highest BCUT2D eigenvalue weighted by molar-refractivity contribution is 5.77. The Morgan fingerprint density at radius 1 is 1.27 bits per heavy atom. The van der Waals surface area contributed by atoms with Gasteiger partial charge in [0.2, 0.25) is 5.91 Å². The molecule has 138 valence electrons. The van der Waals surface area contributed by atoms with Crippen molar-refractivity contribution in [3.8, 4) is 11.1 Å². The predicted molar refractivity (Wildman–Crippen MR) is 99.1 cm³/mol. The SMILES string of the molecule is CCOCc1ccc(-c2ccc(N3CCC(C(N)=O)CC3)nc2)cc1F. The van der Waals surface area contributed by atoms with E-state index in [1.165, 1.54) is 6.07 Å². The van der Waals surface area contributed by atoms with Crippen molar-refractivity contribution >= 4 is 11.7 Å². The van der Waals surface area contributed by atoms with Crippen molar-refractivity contribution in [1.82, 2.24) is 4.98 Å². The number of benzene rings is 1. The van der Waals surface area contributed by atoms with Gasteiger partial charge in [0.1, 0.15) is 11.6 Å². The Balaban J connectivity index is 1.68. The number of amides is 1. The summed E-state index contributed by atoms with van der Waals surface area (Å²) >= 11 is 0. The zero-order valence-corrected chi connectivity index (χ0v) is 15.0. The van der Waals surface area contributed by atoms with Crippen molar-refractivity contribution in [2.75, 3.05) is 24.6 Å². The Kier molecular flexibility index (Phi) is 5.83. The van der Waals surface area contributed by atoms with Crippen LogP contribution in [0.3, 0.4) is 0 Å². The van der Waals surface area contributed by atoms with Crippen molar-refractivity contribution in [1.29, 1.82) is 0 Å². The molecule has 1 aromatic carbocycles. The van der Waals surface area contributed by atoms with Crippen LogP contribution >= 0.6 is 0 Å². The number of halogens is 1. The van der Waals surface area contributed by atoms with Crippen LogP contribution in [0.15, 0.2) is 36.5 Å². The maximum Gasteiger partial charge on any atom is 0.220 e. The first-order valence-corrected chi connectivity index (χ1v) is 8.95. The topological polar surface area (TPSA) is 68.5 Å². The van der Waals surface area contributed by atoms with E-state index in [1.54, 1.807) is 12.3 Å². The van der Waals surface area contributed by atoms with E-state index in [1.807, 2.05) is 25.1 Å². The molecule has 6 heteroatoms. The highest BCUT2D eigenvalue weighted by atomic mass is 19.1. The number of primary amides is 1. The Labute approximate surface area is 153 Å². The second-order valence-corrected chi connectivity index (χ2v) is 6.51. The fraction of sp³-hybridized carbons (Fsp3) is 0.400. The molecule has 2 heterocycles. The van der Waals surface area contributed by atoms with Crippen molar-refractivity contribution in [3.63, 3.8) is 0 Å². The van der Waals surface area contributed by atoms with E-state index in [4.69, 9.17) is 10.5 Å². The first-order chi connectivity index (χ1) is 12.6. The molecule has 2 aromatic rings. The smallest absolute Gasteiger partial charge is 0.220 e. The number of aromatic nitrogens is 1. The third-order valence-corrected chi connectivity index (χ3v) is 4.82. The number of nitrogens with two attached hydrogens (primary N) is 1. The molecule has 1 saturated heterocycles. The molecule has 1 amide bonds. The lowest BCUT2D eigenvalue weighted by atomic mass is 9.96. The van der Waals surface area contributed by atoms with E-state index >= 15 is 0 Å². The lowest BCUT2D eigenvalue weighted by Crippen LogP contribution is -2.38. The van der Waals surface area contributed by atoms with Gasteiger partial charge in [-0.2, -0.15) is 0 Å². The van der Waals surface area contributed by atoms with E-state index in [0.29, 0.717) is 12.2 Å². The average molecular weight is 357 g/mol. The molecule has 1 aliphatic heterocycles. The lowest BCUT2D eigenvalue weighted by Gasteiger charge is -2.31. The zero-order valence-electron chi connectivity index (χ0n) is 15.0. The minimum Gasteiger partial charge on any atom is -0.377 e. The fourth-order valence-corrected chi connectivity index (χ4v) is 3.19. The fourth-order valence-electron chi connectivity index (χ4n) is 3.19. The molecule has 2 N–H and O–H groups in total. The molecule has 0 saturated carbocycles. The zero-order chi connectivity index (χ0) is 18.5. The molecule has 0 atom stereocenters. The van der Waals surface area contributed by atoms with Crippen LogP contribution < -0.4 is 10.6 Å². The van der Waals surface area contributed by atoms with Crippen LogP contribution in [0.4, 0.5) is 10.2 Å². The van der Waals surface area contributed by atoms with Gasteiger partial charge in [0.05, 0.1) is 6.61 Å². The van der Waals surface area contributed by atoms with Gasteiger partial charge >= 0.3 is 0 Å². The van der Waals surface area contributed by atoms with Crippen LogP contribution in [-0.2, 0) is 16.1 Å².